The zero-order valence-corrected chi connectivity index (χ0v) is 18.7. The summed E-state index contributed by atoms with van der Waals surface area (Å²) in [5.74, 6) is 1.85. The molecule has 0 radical (unpaired) electrons. The van der Waals surface area contributed by atoms with Gasteiger partial charge in [0.1, 0.15) is 5.75 Å². The van der Waals surface area contributed by atoms with Crippen molar-refractivity contribution in [1.29, 1.82) is 0 Å². The first-order valence-electron chi connectivity index (χ1n) is 9.85. The van der Waals surface area contributed by atoms with Gasteiger partial charge in [0, 0.05) is 23.7 Å². The lowest BCUT2D eigenvalue weighted by atomic mass is 10.2. The van der Waals surface area contributed by atoms with Gasteiger partial charge in [0.2, 0.25) is 11.9 Å². The third-order valence-electron chi connectivity index (χ3n) is 4.44. The lowest BCUT2D eigenvalue weighted by Gasteiger charge is -2.09. The number of hydrogen-bond acceptors (Lipinski definition) is 5. The second-order valence-corrected chi connectivity index (χ2v) is 8.09. The number of amides is 1. The molecule has 0 spiro atoms. The Morgan fingerprint density at radius 1 is 1.17 bits per heavy atom. The third-order valence-corrected chi connectivity index (χ3v) is 5.82. The first-order valence-corrected chi connectivity index (χ1v) is 11.2. The van der Waals surface area contributed by atoms with Crippen LogP contribution in [0.2, 0.25) is 5.02 Å². The van der Waals surface area contributed by atoms with Gasteiger partial charge in [-0.2, -0.15) is 0 Å². The smallest absolute Gasteiger partial charge is 0.231 e. The van der Waals surface area contributed by atoms with E-state index in [0.29, 0.717) is 37.7 Å². The van der Waals surface area contributed by atoms with E-state index in [1.807, 2.05) is 66.9 Å². The molecular formula is C22H25ClN4O2S. The number of anilines is 1. The van der Waals surface area contributed by atoms with Crippen LogP contribution in [0.25, 0.3) is 0 Å². The summed E-state index contributed by atoms with van der Waals surface area (Å²) in [5.41, 5.74) is 2.22. The number of aromatic nitrogens is 3. The molecule has 0 unspecified atom stereocenters. The Labute approximate surface area is 186 Å². The summed E-state index contributed by atoms with van der Waals surface area (Å²) in [6.07, 6.45) is 0.971. The Hall–Kier alpha value is -2.51. The van der Waals surface area contributed by atoms with E-state index >= 15 is 0 Å². The van der Waals surface area contributed by atoms with E-state index in [9.17, 15) is 4.79 Å². The molecule has 3 rings (SSSR count). The van der Waals surface area contributed by atoms with Gasteiger partial charge in [-0.3, -0.25) is 14.7 Å². The minimum Gasteiger partial charge on any atom is -0.494 e. The number of nitrogens with one attached hydrogen (secondary N) is 1. The maximum absolute atomic E-state index is 12.3. The molecule has 0 aliphatic carbocycles. The molecule has 1 N–H and O–H groups in total. The number of rotatable bonds is 10. The molecule has 0 atom stereocenters. The van der Waals surface area contributed by atoms with Crippen molar-refractivity contribution >= 4 is 35.2 Å². The van der Waals surface area contributed by atoms with Crippen molar-refractivity contribution in [3.05, 3.63) is 64.7 Å². The maximum atomic E-state index is 12.3. The van der Waals surface area contributed by atoms with Crippen molar-refractivity contribution < 1.29 is 9.53 Å². The second-order valence-electron chi connectivity index (χ2n) is 6.74. The zero-order valence-electron chi connectivity index (χ0n) is 17.1. The van der Waals surface area contributed by atoms with Crippen LogP contribution in [0.4, 0.5) is 5.95 Å². The molecular weight excluding hydrogens is 420 g/mol. The number of halogens is 1. The minimum absolute atomic E-state index is 0.104. The number of aryl methyl sites for hydroxylation is 1. The van der Waals surface area contributed by atoms with Crippen LogP contribution in [-0.4, -0.2) is 27.3 Å². The summed E-state index contributed by atoms with van der Waals surface area (Å²) in [7, 11) is 0. The molecule has 6 nitrogen and oxygen atoms in total. The zero-order chi connectivity index (χ0) is 21.3. The highest BCUT2D eigenvalue weighted by Gasteiger charge is 2.14. The van der Waals surface area contributed by atoms with Crippen LogP contribution in [0.3, 0.4) is 0 Å². The van der Waals surface area contributed by atoms with Crippen molar-refractivity contribution in [2.75, 3.05) is 11.9 Å². The molecule has 0 aliphatic rings. The molecule has 1 aromatic heterocycles. The minimum atomic E-state index is -0.104. The van der Waals surface area contributed by atoms with E-state index in [1.165, 1.54) is 5.56 Å². The fourth-order valence-corrected chi connectivity index (χ4v) is 4.06. The first kappa shape index (κ1) is 22.2. The molecule has 30 heavy (non-hydrogen) atoms. The Morgan fingerprint density at radius 2 is 1.93 bits per heavy atom. The predicted molar refractivity (Wildman–Crippen MR) is 121 cm³/mol. The molecule has 3 aromatic rings. The van der Waals surface area contributed by atoms with E-state index in [2.05, 4.69) is 15.5 Å². The monoisotopic (exact) mass is 444 g/mol. The van der Waals surface area contributed by atoms with Crippen LogP contribution in [0.5, 0.6) is 5.75 Å². The molecule has 8 heteroatoms. The highest BCUT2D eigenvalue weighted by Crippen LogP contribution is 2.27. The van der Waals surface area contributed by atoms with Gasteiger partial charge < -0.3 is 4.74 Å². The van der Waals surface area contributed by atoms with E-state index in [0.717, 1.165) is 21.5 Å². The summed E-state index contributed by atoms with van der Waals surface area (Å²) >= 11 is 7.76. The van der Waals surface area contributed by atoms with E-state index in [1.54, 1.807) is 11.8 Å². The molecule has 0 aliphatic heterocycles. The number of carbonyl (C=O) groups excluding carboxylic acids is 1. The molecule has 158 valence electrons. The highest BCUT2D eigenvalue weighted by atomic mass is 35.5. The molecule has 0 saturated heterocycles. The van der Waals surface area contributed by atoms with Crippen molar-refractivity contribution in [1.82, 2.24) is 14.8 Å². The van der Waals surface area contributed by atoms with Crippen LogP contribution in [-0.2, 0) is 17.1 Å². The average molecular weight is 445 g/mol. The van der Waals surface area contributed by atoms with Crippen LogP contribution in [0.15, 0.2) is 53.7 Å². The van der Waals surface area contributed by atoms with E-state index < -0.39 is 0 Å². The predicted octanol–water partition coefficient (Wildman–Crippen LogP) is 5.35. The maximum Gasteiger partial charge on any atom is 0.231 e. The number of nitrogens with zero attached hydrogens (tertiary/aromatic N) is 3. The van der Waals surface area contributed by atoms with Gasteiger partial charge in [0.15, 0.2) is 5.16 Å². The number of benzene rings is 2. The standard InChI is InChI=1S/C22H25ClN4O2S/c1-3-27-21(25-26-22(27)30-15-17-7-4-5-8-19(17)23)24-20(28)9-6-14-29-18-12-10-16(2)11-13-18/h4-5,7-8,10-13H,3,6,9,14-15H2,1-2H3,(H,24,25,28). The number of hydrogen-bond donors (Lipinski definition) is 1. The Balaban J connectivity index is 1.47. The highest BCUT2D eigenvalue weighted by molar-refractivity contribution is 7.98. The summed E-state index contributed by atoms with van der Waals surface area (Å²) in [4.78, 5) is 12.3. The number of ether oxygens (including phenoxy) is 1. The van der Waals surface area contributed by atoms with Crippen molar-refractivity contribution in [2.45, 2.75) is 44.1 Å². The summed E-state index contributed by atoms with van der Waals surface area (Å²) in [6.45, 7) is 5.16. The van der Waals surface area contributed by atoms with Crippen LogP contribution < -0.4 is 10.1 Å². The van der Waals surface area contributed by atoms with Gasteiger partial charge in [0.25, 0.3) is 0 Å². The molecule has 0 bridgehead atoms. The van der Waals surface area contributed by atoms with Crippen LogP contribution >= 0.6 is 23.4 Å². The van der Waals surface area contributed by atoms with Crippen LogP contribution in [0.1, 0.15) is 30.9 Å². The molecule has 1 amide bonds. The summed E-state index contributed by atoms with van der Waals surface area (Å²) in [5, 5.41) is 12.7. The van der Waals surface area contributed by atoms with Gasteiger partial charge in [-0.1, -0.05) is 59.3 Å². The first-order chi connectivity index (χ1) is 14.6. The SMILES string of the molecule is CCn1c(NC(=O)CCCOc2ccc(C)cc2)nnc1SCc1ccccc1Cl. The molecule has 1 heterocycles. The van der Waals surface area contributed by atoms with Gasteiger partial charge in [-0.25, -0.2) is 0 Å². The summed E-state index contributed by atoms with van der Waals surface area (Å²) < 4.78 is 7.56. The summed E-state index contributed by atoms with van der Waals surface area (Å²) in [6, 6.07) is 15.6. The Kier molecular flexibility index (Phi) is 8.16. The lowest BCUT2D eigenvalue weighted by molar-refractivity contribution is -0.116. The van der Waals surface area contributed by atoms with Gasteiger partial charge in [-0.15, -0.1) is 10.2 Å². The van der Waals surface area contributed by atoms with Crippen molar-refractivity contribution in [2.24, 2.45) is 0 Å². The fourth-order valence-electron chi connectivity index (χ4n) is 2.78. The van der Waals surface area contributed by atoms with Crippen molar-refractivity contribution in [3.63, 3.8) is 0 Å². The largest absolute Gasteiger partial charge is 0.494 e. The fraction of sp³-hybridized carbons (Fsp3) is 0.318. The normalized spacial score (nSPS) is 10.8. The van der Waals surface area contributed by atoms with Crippen molar-refractivity contribution in [3.8, 4) is 5.75 Å². The van der Waals surface area contributed by atoms with Crippen LogP contribution in [0, 0.1) is 6.92 Å². The molecule has 0 saturated carbocycles. The molecule has 2 aromatic carbocycles. The van der Waals surface area contributed by atoms with Gasteiger partial charge in [0.05, 0.1) is 6.61 Å². The topological polar surface area (TPSA) is 69.0 Å². The van der Waals surface area contributed by atoms with Gasteiger partial charge >= 0.3 is 0 Å². The Morgan fingerprint density at radius 3 is 2.67 bits per heavy atom. The average Bonchev–Trinajstić information content (AvgIpc) is 3.13. The number of thioether (sulfide) groups is 1. The van der Waals surface area contributed by atoms with E-state index in [-0.39, 0.29) is 5.91 Å². The third kappa shape index (κ3) is 6.24. The second kappa shape index (κ2) is 11.0. The molecule has 0 fully saturated rings. The van der Waals surface area contributed by atoms with Gasteiger partial charge in [-0.05, 0) is 44.0 Å². The number of carbonyl (C=O) groups is 1. The van der Waals surface area contributed by atoms with E-state index in [4.69, 9.17) is 16.3 Å². The lowest BCUT2D eigenvalue weighted by Crippen LogP contribution is -2.16. The Bertz CT molecular complexity index is 976. The quantitative estimate of drug-likeness (QED) is 0.337.